The summed E-state index contributed by atoms with van der Waals surface area (Å²) in [6, 6.07) is 11.3. The first-order chi connectivity index (χ1) is 13.2. The highest BCUT2D eigenvalue weighted by molar-refractivity contribution is 6.30. The van der Waals surface area contributed by atoms with Crippen molar-refractivity contribution in [1.82, 2.24) is 10.3 Å². The SMILES string of the molecule is O=C(NCC1CCOCC1)c1ccc(Nc2cccc(Cl)c2)nc1C1CC1. The van der Waals surface area contributed by atoms with Gasteiger partial charge in [0.1, 0.15) is 5.82 Å². The van der Waals surface area contributed by atoms with E-state index in [-0.39, 0.29) is 5.91 Å². The molecule has 2 heterocycles. The molecule has 2 N–H and O–H groups in total. The molecule has 1 aromatic heterocycles. The van der Waals surface area contributed by atoms with Crippen molar-refractivity contribution in [3.05, 3.63) is 52.7 Å². The van der Waals surface area contributed by atoms with Crippen LogP contribution in [0.5, 0.6) is 0 Å². The van der Waals surface area contributed by atoms with Crippen LogP contribution in [0.25, 0.3) is 0 Å². The molecule has 0 radical (unpaired) electrons. The van der Waals surface area contributed by atoms with Crippen molar-refractivity contribution in [3.63, 3.8) is 0 Å². The number of benzene rings is 1. The molecule has 142 valence electrons. The number of ether oxygens (including phenoxy) is 1. The summed E-state index contributed by atoms with van der Waals surface area (Å²) in [4.78, 5) is 17.5. The van der Waals surface area contributed by atoms with Gasteiger partial charge in [0.15, 0.2) is 0 Å². The lowest BCUT2D eigenvalue weighted by atomic mass is 10.00. The molecule has 27 heavy (non-hydrogen) atoms. The number of halogens is 1. The standard InChI is InChI=1S/C21H24ClN3O2/c22-16-2-1-3-17(12-16)24-19-7-6-18(20(25-19)15-4-5-15)21(26)23-13-14-8-10-27-11-9-14/h1-3,6-7,12,14-15H,4-5,8-11,13H2,(H,23,26)(H,24,25). The Hall–Kier alpha value is -2.11. The molecule has 1 aliphatic carbocycles. The maximum absolute atomic E-state index is 12.7. The van der Waals surface area contributed by atoms with Crippen LogP contribution >= 0.6 is 11.6 Å². The summed E-state index contributed by atoms with van der Waals surface area (Å²) in [5, 5.41) is 7.05. The first-order valence-electron chi connectivity index (χ1n) is 9.58. The Morgan fingerprint density at radius 2 is 1.96 bits per heavy atom. The summed E-state index contributed by atoms with van der Waals surface area (Å²) in [5.74, 6) is 1.60. The molecule has 1 amide bonds. The minimum absolute atomic E-state index is 0.0230. The fourth-order valence-electron chi connectivity index (χ4n) is 3.40. The molecule has 6 heteroatoms. The van der Waals surface area contributed by atoms with Gasteiger partial charge in [-0.15, -0.1) is 0 Å². The molecule has 2 aromatic rings. The predicted molar refractivity (Wildman–Crippen MR) is 107 cm³/mol. The van der Waals surface area contributed by atoms with E-state index < -0.39 is 0 Å². The lowest BCUT2D eigenvalue weighted by Crippen LogP contribution is -2.32. The zero-order valence-electron chi connectivity index (χ0n) is 15.2. The fourth-order valence-corrected chi connectivity index (χ4v) is 3.59. The lowest BCUT2D eigenvalue weighted by Gasteiger charge is -2.22. The second-order valence-corrected chi connectivity index (χ2v) is 7.74. The molecule has 2 aliphatic rings. The monoisotopic (exact) mass is 385 g/mol. The van der Waals surface area contributed by atoms with Gasteiger partial charge in [-0.2, -0.15) is 0 Å². The molecule has 2 fully saturated rings. The maximum Gasteiger partial charge on any atom is 0.253 e. The molecule has 1 aliphatic heterocycles. The number of amides is 1. The van der Waals surface area contributed by atoms with Crippen LogP contribution in [0.15, 0.2) is 36.4 Å². The van der Waals surface area contributed by atoms with E-state index >= 15 is 0 Å². The third kappa shape index (κ3) is 4.79. The van der Waals surface area contributed by atoms with Crippen molar-refractivity contribution >= 4 is 29.0 Å². The second kappa shape index (κ2) is 8.28. The van der Waals surface area contributed by atoms with E-state index in [1.54, 1.807) is 0 Å². The van der Waals surface area contributed by atoms with E-state index in [1.165, 1.54) is 0 Å². The fraction of sp³-hybridized carbons (Fsp3) is 0.429. The average molecular weight is 386 g/mol. The summed E-state index contributed by atoms with van der Waals surface area (Å²) in [6.07, 6.45) is 4.20. The van der Waals surface area contributed by atoms with Crippen molar-refractivity contribution in [2.24, 2.45) is 5.92 Å². The number of carbonyl (C=O) groups excluding carboxylic acids is 1. The van der Waals surface area contributed by atoms with Crippen molar-refractivity contribution in [2.45, 2.75) is 31.6 Å². The van der Waals surface area contributed by atoms with Crippen LogP contribution in [0.1, 0.15) is 47.7 Å². The molecule has 5 nitrogen and oxygen atoms in total. The first kappa shape index (κ1) is 18.3. The van der Waals surface area contributed by atoms with Gasteiger partial charge in [-0.05, 0) is 61.9 Å². The Bertz CT molecular complexity index is 817. The zero-order chi connectivity index (χ0) is 18.6. The highest BCUT2D eigenvalue weighted by Crippen LogP contribution is 2.41. The third-order valence-corrected chi connectivity index (χ3v) is 5.36. The number of hydrogen-bond donors (Lipinski definition) is 2. The first-order valence-corrected chi connectivity index (χ1v) is 9.96. The van der Waals surface area contributed by atoms with Gasteiger partial charge in [0, 0.05) is 36.4 Å². The van der Waals surface area contributed by atoms with E-state index in [1.807, 2.05) is 36.4 Å². The van der Waals surface area contributed by atoms with Crippen molar-refractivity contribution in [3.8, 4) is 0 Å². The van der Waals surface area contributed by atoms with Crippen LogP contribution in [0.4, 0.5) is 11.5 Å². The quantitative estimate of drug-likeness (QED) is 0.767. The van der Waals surface area contributed by atoms with E-state index in [4.69, 9.17) is 21.3 Å². The number of carbonyl (C=O) groups is 1. The molecular formula is C21H24ClN3O2. The molecule has 0 atom stereocenters. The number of rotatable bonds is 6. The highest BCUT2D eigenvalue weighted by atomic mass is 35.5. The molecule has 1 saturated carbocycles. The van der Waals surface area contributed by atoms with Gasteiger partial charge in [0.05, 0.1) is 11.3 Å². The van der Waals surface area contributed by atoms with E-state index in [0.717, 1.165) is 56.1 Å². The minimum atomic E-state index is -0.0230. The van der Waals surface area contributed by atoms with Gasteiger partial charge in [0.25, 0.3) is 5.91 Å². The van der Waals surface area contributed by atoms with Crippen molar-refractivity contribution in [1.29, 1.82) is 0 Å². The molecule has 0 spiro atoms. The molecule has 0 bridgehead atoms. The number of aromatic nitrogens is 1. The van der Waals surface area contributed by atoms with E-state index in [0.29, 0.717) is 29.0 Å². The van der Waals surface area contributed by atoms with E-state index in [2.05, 4.69) is 10.6 Å². The summed E-state index contributed by atoms with van der Waals surface area (Å²) < 4.78 is 5.38. The number of pyridine rings is 1. The largest absolute Gasteiger partial charge is 0.381 e. The lowest BCUT2D eigenvalue weighted by molar-refractivity contribution is 0.0642. The summed E-state index contributed by atoms with van der Waals surface area (Å²) in [6.45, 7) is 2.29. The summed E-state index contributed by atoms with van der Waals surface area (Å²) in [5.41, 5.74) is 2.47. The Morgan fingerprint density at radius 3 is 2.70 bits per heavy atom. The third-order valence-electron chi connectivity index (χ3n) is 5.12. The number of nitrogens with zero attached hydrogens (tertiary/aromatic N) is 1. The average Bonchev–Trinajstić information content (AvgIpc) is 3.52. The predicted octanol–water partition coefficient (Wildman–Crippen LogP) is 4.51. The van der Waals surface area contributed by atoms with Crippen LogP contribution in [0.2, 0.25) is 5.02 Å². The van der Waals surface area contributed by atoms with Gasteiger partial charge in [-0.25, -0.2) is 4.98 Å². The summed E-state index contributed by atoms with van der Waals surface area (Å²) >= 11 is 6.05. The number of nitrogens with one attached hydrogen (secondary N) is 2. The van der Waals surface area contributed by atoms with Crippen LogP contribution in [-0.4, -0.2) is 30.6 Å². The van der Waals surface area contributed by atoms with Gasteiger partial charge in [-0.3, -0.25) is 4.79 Å². The number of hydrogen-bond acceptors (Lipinski definition) is 4. The smallest absolute Gasteiger partial charge is 0.253 e. The van der Waals surface area contributed by atoms with Gasteiger partial charge >= 0.3 is 0 Å². The second-order valence-electron chi connectivity index (χ2n) is 7.30. The minimum Gasteiger partial charge on any atom is -0.381 e. The topological polar surface area (TPSA) is 63.2 Å². The van der Waals surface area contributed by atoms with Gasteiger partial charge in [-0.1, -0.05) is 17.7 Å². The highest BCUT2D eigenvalue weighted by Gasteiger charge is 2.30. The van der Waals surface area contributed by atoms with Gasteiger partial charge in [0.2, 0.25) is 0 Å². The Balaban J connectivity index is 1.46. The Kier molecular flexibility index (Phi) is 5.60. The molecule has 1 aromatic carbocycles. The molecular weight excluding hydrogens is 362 g/mol. The van der Waals surface area contributed by atoms with E-state index in [9.17, 15) is 4.79 Å². The normalized spacial score (nSPS) is 17.5. The van der Waals surface area contributed by atoms with Crippen LogP contribution in [-0.2, 0) is 4.74 Å². The van der Waals surface area contributed by atoms with Gasteiger partial charge < -0.3 is 15.4 Å². The van der Waals surface area contributed by atoms with Crippen molar-refractivity contribution in [2.75, 3.05) is 25.1 Å². The van der Waals surface area contributed by atoms with Crippen LogP contribution in [0.3, 0.4) is 0 Å². The molecule has 1 saturated heterocycles. The Labute approximate surface area is 164 Å². The van der Waals surface area contributed by atoms with Crippen LogP contribution < -0.4 is 10.6 Å². The number of anilines is 2. The Morgan fingerprint density at radius 1 is 1.15 bits per heavy atom. The zero-order valence-corrected chi connectivity index (χ0v) is 16.0. The molecule has 0 unspecified atom stereocenters. The summed E-state index contributed by atoms with van der Waals surface area (Å²) in [7, 11) is 0. The van der Waals surface area contributed by atoms with Crippen molar-refractivity contribution < 1.29 is 9.53 Å². The molecule has 4 rings (SSSR count). The van der Waals surface area contributed by atoms with Crippen LogP contribution in [0, 0.1) is 5.92 Å². The maximum atomic E-state index is 12.7.